The van der Waals surface area contributed by atoms with Crippen LogP contribution in [-0.4, -0.2) is 63.5 Å². The summed E-state index contributed by atoms with van der Waals surface area (Å²) in [4.78, 5) is 27.2. The summed E-state index contributed by atoms with van der Waals surface area (Å²) in [7, 11) is 0. The minimum absolute atomic E-state index is 0.0939. The quantitative estimate of drug-likeness (QED) is 0.365. The van der Waals surface area contributed by atoms with Gasteiger partial charge in [-0.25, -0.2) is 19.4 Å². The second-order valence-electron chi connectivity index (χ2n) is 9.46. The fourth-order valence-corrected chi connectivity index (χ4v) is 4.86. The molecule has 2 amide bonds. The van der Waals surface area contributed by atoms with E-state index in [1.165, 1.54) is 0 Å². The molecule has 9 heteroatoms. The Morgan fingerprint density at radius 1 is 0.974 bits per heavy atom. The first-order valence-corrected chi connectivity index (χ1v) is 13.4. The van der Waals surface area contributed by atoms with Crippen molar-refractivity contribution in [2.45, 2.75) is 40.0 Å². The Morgan fingerprint density at radius 3 is 2.50 bits per heavy atom. The summed E-state index contributed by atoms with van der Waals surface area (Å²) >= 11 is 0. The van der Waals surface area contributed by atoms with E-state index in [0.717, 1.165) is 71.3 Å². The van der Waals surface area contributed by atoms with Gasteiger partial charge in [0.05, 0.1) is 23.4 Å². The van der Waals surface area contributed by atoms with Crippen LogP contribution < -0.4 is 15.0 Å². The van der Waals surface area contributed by atoms with Crippen molar-refractivity contribution >= 4 is 28.6 Å². The molecule has 5 rings (SSSR count). The van der Waals surface area contributed by atoms with Gasteiger partial charge >= 0.3 is 6.03 Å². The Hall–Kier alpha value is -4.14. The minimum Gasteiger partial charge on any atom is -0.494 e. The van der Waals surface area contributed by atoms with E-state index in [-0.39, 0.29) is 6.03 Å². The van der Waals surface area contributed by atoms with Crippen molar-refractivity contribution < 1.29 is 9.53 Å². The maximum absolute atomic E-state index is 13.1. The van der Waals surface area contributed by atoms with Crippen molar-refractivity contribution in [1.29, 1.82) is 0 Å². The Bertz CT molecular complexity index is 1390. The number of anilines is 2. The second kappa shape index (κ2) is 11.5. The fourth-order valence-electron chi connectivity index (χ4n) is 4.86. The fraction of sp³-hybridized carbons (Fsp3) is 0.379. The standard InChI is InChI=1S/C29H35N7O2/c1-4-10-25-31-27(26-21(3)33-36(28(26)32-25)23-11-7-6-8-12-23)34-17-9-18-35(20-19-34)29(37)30-22-13-15-24(16-14-22)38-5-2/h6-8,11-16H,4-5,9-10,17-20H2,1-3H3,(H,30,37). The molecule has 38 heavy (non-hydrogen) atoms. The molecular weight excluding hydrogens is 478 g/mol. The summed E-state index contributed by atoms with van der Waals surface area (Å²) in [6, 6.07) is 17.5. The monoisotopic (exact) mass is 513 g/mol. The number of benzene rings is 2. The first kappa shape index (κ1) is 25.5. The lowest BCUT2D eigenvalue weighted by molar-refractivity contribution is 0.215. The van der Waals surface area contributed by atoms with Crippen LogP contribution in [0.15, 0.2) is 54.6 Å². The molecule has 4 aromatic rings. The molecule has 0 bridgehead atoms. The summed E-state index contributed by atoms with van der Waals surface area (Å²) < 4.78 is 7.42. The second-order valence-corrected chi connectivity index (χ2v) is 9.46. The summed E-state index contributed by atoms with van der Waals surface area (Å²) in [5, 5.41) is 8.85. The molecule has 0 aliphatic carbocycles. The highest BCUT2D eigenvalue weighted by atomic mass is 16.5. The van der Waals surface area contributed by atoms with Crippen LogP contribution in [0.5, 0.6) is 5.75 Å². The van der Waals surface area contributed by atoms with Gasteiger partial charge in [-0.05, 0) is 63.1 Å². The van der Waals surface area contributed by atoms with E-state index in [1.54, 1.807) is 0 Å². The molecule has 1 fully saturated rings. The van der Waals surface area contributed by atoms with Crippen molar-refractivity contribution in [3.8, 4) is 11.4 Å². The van der Waals surface area contributed by atoms with Crippen molar-refractivity contribution in [1.82, 2.24) is 24.6 Å². The van der Waals surface area contributed by atoms with Gasteiger partial charge in [0.1, 0.15) is 17.4 Å². The van der Waals surface area contributed by atoms with Gasteiger partial charge in [-0.15, -0.1) is 0 Å². The van der Waals surface area contributed by atoms with Crippen LogP contribution in [0.1, 0.15) is 38.2 Å². The summed E-state index contributed by atoms with van der Waals surface area (Å²) in [6.07, 6.45) is 2.60. The zero-order valence-corrected chi connectivity index (χ0v) is 22.4. The van der Waals surface area contributed by atoms with E-state index in [1.807, 2.05) is 78.0 Å². The molecule has 1 aliphatic rings. The number of para-hydroxylation sites is 1. The molecule has 0 saturated carbocycles. The van der Waals surface area contributed by atoms with Crippen molar-refractivity contribution in [3.05, 3.63) is 66.1 Å². The average Bonchev–Trinajstić information content (AvgIpc) is 3.10. The van der Waals surface area contributed by atoms with Gasteiger partial charge < -0.3 is 19.9 Å². The predicted molar refractivity (Wildman–Crippen MR) is 150 cm³/mol. The number of nitrogens with zero attached hydrogens (tertiary/aromatic N) is 6. The smallest absolute Gasteiger partial charge is 0.321 e. The lowest BCUT2D eigenvalue weighted by Gasteiger charge is -2.24. The zero-order chi connectivity index (χ0) is 26.5. The molecule has 198 valence electrons. The topological polar surface area (TPSA) is 88.4 Å². The van der Waals surface area contributed by atoms with Gasteiger partial charge in [0.2, 0.25) is 0 Å². The molecule has 1 aliphatic heterocycles. The van der Waals surface area contributed by atoms with Gasteiger partial charge in [0.25, 0.3) is 0 Å². The van der Waals surface area contributed by atoms with Gasteiger partial charge in [0, 0.05) is 38.3 Å². The summed E-state index contributed by atoms with van der Waals surface area (Å²) in [5.74, 6) is 2.52. The molecule has 2 aromatic heterocycles. The highest BCUT2D eigenvalue weighted by Crippen LogP contribution is 2.30. The average molecular weight is 514 g/mol. The maximum Gasteiger partial charge on any atom is 0.321 e. The molecule has 1 saturated heterocycles. The van der Waals surface area contributed by atoms with Crippen LogP contribution in [-0.2, 0) is 6.42 Å². The van der Waals surface area contributed by atoms with Crippen molar-refractivity contribution in [3.63, 3.8) is 0 Å². The molecule has 0 spiro atoms. The van der Waals surface area contributed by atoms with E-state index < -0.39 is 0 Å². The third kappa shape index (κ3) is 5.41. The number of nitrogens with one attached hydrogen (secondary N) is 1. The number of carbonyl (C=O) groups excluding carboxylic acids is 1. The van der Waals surface area contributed by atoms with Crippen LogP contribution in [0.3, 0.4) is 0 Å². The Labute approximate surface area is 223 Å². The normalized spacial score (nSPS) is 14.0. The van der Waals surface area contributed by atoms with Gasteiger partial charge in [-0.3, -0.25) is 0 Å². The number of carbonyl (C=O) groups is 1. The molecular formula is C29H35N7O2. The van der Waals surface area contributed by atoms with Gasteiger partial charge in [-0.1, -0.05) is 25.1 Å². The number of aryl methyl sites for hydroxylation is 2. The highest BCUT2D eigenvalue weighted by Gasteiger charge is 2.25. The van der Waals surface area contributed by atoms with Crippen LogP contribution in [0.4, 0.5) is 16.3 Å². The van der Waals surface area contributed by atoms with Crippen LogP contribution in [0, 0.1) is 6.92 Å². The maximum atomic E-state index is 13.1. The zero-order valence-electron chi connectivity index (χ0n) is 22.4. The molecule has 3 heterocycles. The molecule has 0 unspecified atom stereocenters. The van der Waals surface area contributed by atoms with E-state index in [4.69, 9.17) is 19.8 Å². The Kier molecular flexibility index (Phi) is 7.72. The van der Waals surface area contributed by atoms with Crippen molar-refractivity contribution in [2.24, 2.45) is 0 Å². The first-order chi connectivity index (χ1) is 18.6. The number of urea groups is 1. The molecule has 0 atom stereocenters. The van der Waals surface area contributed by atoms with Crippen LogP contribution >= 0.6 is 0 Å². The molecule has 0 radical (unpaired) electrons. The number of ether oxygens (including phenoxy) is 1. The lowest BCUT2D eigenvalue weighted by Crippen LogP contribution is -2.38. The first-order valence-electron chi connectivity index (χ1n) is 13.4. The number of fused-ring (bicyclic) bond motifs is 1. The van der Waals surface area contributed by atoms with Crippen LogP contribution in [0.25, 0.3) is 16.7 Å². The highest BCUT2D eigenvalue weighted by molar-refractivity contribution is 5.91. The summed E-state index contributed by atoms with van der Waals surface area (Å²) in [5.41, 5.74) is 3.46. The number of amides is 2. The van der Waals surface area contributed by atoms with Crippen LogP contribution in [0.2, 0.25) is 0 Å². The Morgan fingerprint density at radius 2 is 1.76 bits per heavy atom. The number of rotatable bonds is 7. The van der Waals surface area contributed by atoms with Gasteiger partial charge in [-0.2, -0.15) is 5.10 Å². The number of hydrogen-bond donors (Lipinski definition) is 1. The van der Waals surface area contributed by atoms with E-state index in [2.05, 4.69) is 17.1 Å². The summed E-state index contributed by atoms with van der Waals surface area (Å²) in [6.45, 7) is 9.49. The van der Waals surface area contributed by atoms with E-state index in [0.29, 0.717) is 26.2 Å². The minimum atomic E-state index is -0.0939. The third-order valence-corrected chi connectivity index (χ3v) is 6.70. The van der Waals surface area contributed by atoms with E-state index >= 15 is 0 Å². The number of aromatic nitrogens is 4. The molecule has 9 nitrogen and oxygen atoms in total. The molecule has 1 N–H and O–H groups in total. The SMILES string of the molecule is CCCc1nc(N2CCCN(C(=O)Nc3ccc(OCC)cc3)CC2)c2c(C)nn(-c3ccccc3)c2n1. The predicted octanol–water partition coefficient (Wildman–Crippen LogP) is 5.22. The largest absolute Gasteiger partial charge is 0.494 e. The molecule has 2 aromatic carbocycles. The van der Waals surface area contributed by atoms with Gasteiger partial charge in [0.15, 0.2) is 5.65 Å². The number of hydrogen-bond acceptors (Lipinski definition) is 6. The third-order valence-electron chi connectivity index (χ3n) is 6.70. The van der Waals surface area contributed by atoms with Crippen molar-refractivity contribution in [2.75, 3.05) is 43.0 Å². The Balaban J connectivity index is 1.38. The lowest BCUT2D eigenvalue weighted by atomic mass is 10.2. The van der Waals surface area contributed by atoms with E-state index in [9.17, 15) is 4.79 Å².